The molecule has 2 amide bonds. The summed E-state index contributed by atoms with van der Waals surface area (Å²) in [5.74, 6) is -5.40. The van der Waals surface area contributed by atoms with Gasteiger partial charge in [0.05, 0.1) is 36.2 Å². The molecule has 0 radical (unpaired) electrons. The molecule has 5 rings (SSSR count). The normalized spacial score (nSPS) is 13.0. The maximum Gasteiger partial charge on any atom is 0.354 e. The van der Waals surface area contributed by atoms with Crippen LogP contribution in [0.5, 0.6) is 0 Å². The lowest BCUT2D eigenvalue weighted by molar-refractivity contribution is -0.122. The Balaban J connectivity index is 1.53. The van der Waals surface area contributed by atoms with Crippen LogP contribution in [0.1, 0.15) is 49.4 Å². The van der Waals surface area contributed by atoms with Gasteiger partial charge >= 0.3 is 5.97 Å². The number of pyridine rings is 1. The van der Waals surface area contributed by atoms with Gasteiger partial charge in [-0.2, -0.15) is 5.10 Å². The smallest absolute Gasteiger partial charge is 0.354 e. The molecule has 13 heteroatoms. The van der Waals surface area contributed by atoms with E-state index in [9.17, 15) is 32.7 Å². The molecule has 2 aromatic heterocycles. The van der Waals surface area contributed by atoms with E-state index in [2.05, 4.69) is 15.4 Å². The molecule has 41 heavy (non-hydrogen) atoms. The number of nitrogens with two attached hydrogens (primary N) is 1. The van der Waals surface area contributed by atoms with Gasteiger partial charge in [-0.3, -0.25) is 14.6 Å². The lowest BCUT2D eigenvalue weighted by Gasteiger charge is -2.22. The highest BCUT2D eigenvalue weighted by atomic mass is 19.1. The van der Waals surface area contributed by atoms with Crippen LogP contribution >= 0.6 is 0 Å². The summed E-state index contributed by atoms with van der Waals surface area (Å²) in [6.07, 6.45) is 1.31. The number of rotatable bonds is 9. The largest absolute Gasteiger partial charge is 0.477 e. The van der Waals surface area contributed by atoms with Gasteiger partial charge in [0.1, 0.15) is 24.0 Å². The number of benzene rings is 2. The molecular formula is C28H22F3N5O5. The van der Waals surface area contributed by atoms with Gasteiger partial charge in [-0.1, -0.05) is 12.1 Å². The Morgan fingerprint density at radius 1 is 1.07 bits per heavy atom. The van der Waals surface area contributed by atoms with E-state index in [1.165, 1.54) is 18.3 Å². The summed E-state index contributed by atoms with van der Waals surface area (Å²) < 4.78 is 48.5. The number of halogens is 3. The van der Waals surface area contributed by atoms with E-state index < -0.39 is 47.8 Å². The summed E-state index contributed by atoms with van der Waals surface area (Å²) in [4.78, 5) is 41.3. The number of nitrogens with one attached hydrogen (secondary N) is 1. The van der Waals surface area contributed by atoms with Crippen LogP contribution in [-0.2, 0) is 35.7 Å². The molecule has 1 aliphatic heterocycles. The van der Waals surface area contributed by atoms with Crippen LogP contribution in [0.4, 0.5) is 13.2 Å². The van der Waals surface area contributed by atoms with Crippen LogP contribution in [0.15, 0.2) is 54.7 Å². The molecule has 0 aliphatic carbocycles. The number of carboxylic acid groups (broad SMARTS) is 1. The zero-order valence-corrected chi connectivity index (χ0v) is 21.2. The second-order valence-corrected chi connectivity index (χ2v) is 9.33. The van der Waals surface area contributed by atoms with E-state index in [0.29, 0.717) is 28.5 Å². The average molecular weight is 566 g/mol. The summed E-state index contributed by atoms with van der Waals surface area (Å²) in [7, 11) is 0. The van der Waals surface area contributed by atoms with Gasteiger partial charge in [0.25, 0.3) is 5.91 Å². The number of hydrogen-bond donors (Lipinski definition) is 3. The molecule has 1 aliphatic rings. The minimum atomic E-state index is -1.28. The number of hydrogen-bond acceptors (Lipinski definition) is 6. The number of primary amides is 1. The second kappa shape index (κ2) is 11.2. The number of nitrogens with zero attached hydrogens (tertiary/aromatic N) is 3. The van der Waals surface area contributed by atoms with Crippen LogP contribution in [0.2, 0.25) is 0 Å². The summed E-state index contributed by atoms with van der Waals surface area (Å²) in [5, 5.41) is 16.6. The summed E-state index contributed by atoms with van der Waals surface area (Å²) >= 11 is 0. The van der Waals surface area contributed by atoms with Crippen molar-refractivity contribution in [1.29, 1.82) is 0 Å². The highest BCUT2D eigenvalue weighted by Gasteiger charge is 2.29. The average Bonchev–Trinajstić information content (AvgIpc) is 3.48. The van der Waals surface area contributed by atoms with Crippen molar-refractivity contribution in [3.05, 3.63) is 106 Å². The van der Waals surface area contributed by atoms with Crippen LogP contribution in [0.25, 0.3) is 11.1 Å². The SMILES string of the molecule is NC(=O)c1cc(-c2cccnc2[C@H](Cc2cc(F)cc(F)c2)NC(=O)Cn2nc3c(c2C(=O)O)COC3)ccc1F. The molecule has 210 valence electrons. The minimum Gasteiger partial charge on any atom is -0.477 e. The standard InChI is InChI=1S/C28H22F3N5O5/c29-16-6-14(7-17(30)10-16)8-22(34-24(37)11-36-26(28(39)40)20-12-41-13-23(20)35-36)25-18(2-1-5-33-25)15-3-4-21(31)19(9-15)27(32)38/h1-7,9-10,22H,8,11-13H2,(H2,32,38)(H,34,37)(H,39,40)/t22-/m0/s1. The molecule has 4 N–H and O–H groups in total. The maximum absolute atomic E-state index is 14.2. The predicted octanol–water partition coefficient (Wildman–Crippen LogP) is 3.29. The third-order valence-corrected chi connectivity index (χ3v) is 6.52. The van der Waals surface area contributed by atoms with Gasteiger partial charge < -0.3 is 20.9 Å². The molecule has 4 aromatic rings. The van der Waals surface area contributed by atoms with E-state index in [1.54, 1.807) is 12.1 Å². The lowest BCUT2D eigenvalue weighted by Crippen LogP contribution is -2.34. The number of ether oxygens (including phenoxy) is 1. The topological polar surface area (TPSA) is 149 Å². The first-order valence-corrected chi connectivity index (χ1v) is 12.3. The van der Waals surface area contributed by atoms with Crippen LogP contribution in [-0.4, -0.2) is 37.7 Å². The Kier molecular flexibility index (Phi) is 7.53. The molecule has 1 atom stereocenters. The first-order valence-electron chi connectivity index (χ1n) is 12.3. The molecule has 0 fully saturated rings. The molecular weight excluding hydrogens is 543 g/mol. The van der Waals surface area contributed by atoms with E-state index in [0.717, 1.165) is 22.9 Å². The van der Waals surface area contributed by atoms with Crippen molar-refractivity contribution in [3.8, 4) is 11.1 Å². The number of aromatic nitrogens is 3. The van der Waals surface area contributed by atoms with Gasteiger partial charge in [-0.05, 0) is 47.9 Å². The molecule has 0 unspecified atom stereocenters. The van der Waals surface area contributed by atoms with Crippen LogP contribution < -0.4 is 11.1 Å². The van der Waals surface area contributed by atoms with Crippen molar-refractivity contribution in [1.82, 2.24) is 20.1 Å². The zero-order chi connectivity index (χ0) is 29.3. The number of fused-ring (bicyclic) bond motifs is 1. The molecule has 10 nitrogen and oxygen atoms in total. The highest BCUT2D eigenvalue weighted by Crippen LogP contribution is 2.30. The zero-order valence-electron chi connectivity index (χ0n) is 21.2. The summed E-state index contributed by atoms with van der Waals surface area (Å²) in [6.45, 7) is -0.317. The molecule has 3 heterocycles. The van der Waals surface area contributed by atoms with Crippen LogP contribution in [0, 0.1) is 17.5 Å². The third-order valence-electron chi connectivity index (χ3n) is 6.52. The van der Waals surface area contributed by atoms with Gasteiger partial charge in [0, 0.05) is 23.4 Å². The Labute approximate surface area is 230 Å². The fourth-order valence-electron chi connectivity index (χ4n) is 4.80. The fraction of sp³-hybridized carbons (Fsp3) is 0.179. The first kappa shape index (κ1) is 27.5. The fourth-order valence-corrected chi connectivity index (χ4v) is 4.80. The maximum atomic E-state index is 14.2. The quantitative estimate of drug-likeness (QED) is 0.282. The Hall–Kier alpha value is -5.04. The van der Waals surface area contributed by atoms with Crippen molar-refractivity contribution < 1.29 is 37.4 Å². The number of amides is 2. The lowest BCUT2D eigenvalue weighted by atomic mass is 9.94. The van der Waals surface area contributed by atoms with Crippen molar-refractivity contribution in [2.45, 2.75) is 32.2 Å². The van der Waals surface area contributed by atoms with Gasteiger partial charge in [-0.25, -0.2) is 22.6 Å². The van der Waals surface area contributed by atoms with Crippen LogP contribution in [0.3, 0.4) is 0 Å². The molecule has 0 bridgehead atoms. The number of carbonyl (C=O) groups is 3. The van der Waals surface area contributed by atoms with Gasteiger partial charge in [0.2, 0.25) is 5.91 Å². The number of carbonyl (C=O) groups excluding carboxylic acids is 2. The minimum absolute atomic E-state index is 0.0502. The molecule has 0 saturated heterocycles. The van der Waals surface area contributed by atoms with E-state index in [4.69, 9.17) is 10.5 Å². The monoisotopic (exact) mass is 565 g/mol. The van der Waals surface area contributed by atoms with Crippen molar-refractivity contribution in [3.63, 3.8) is 0 Å². The number of aromatic carboxylic acids is 1. The van der Waals surface area contributed by atoms with Crippen molar-refractivity contribution in [2.75, 3.05) is 0 Å². The van der Waals surface area contributed by atoms with E-state index in [1.807, 2.05) is 0 Å². The van der Waals surface area contributed by atoms with Gasteiger partial charge in [-0.15, -0.1) is 0 Å². The first-order chi connectivity index (χ1) is 19.6. The molecule has 0 spiro atoms. The highest BCUT2D eigenvalue weighted by molar-refractivity contribution is 5.94. The van der Waals surface area contributed by atoms with E-state index >= 15 is 0 Å². The Bertz CT molecular complexity index is 1670. The predicted molar refractivity (Wildman–Crippen MR) is 137 cm³/mol. The summed E-state index contributed by atoms with van der Waals surface area (Å²) in [5.41, 5.74) is 6.74. The Morgan fingerprint density at radius 3 is 2.54 bits per heavy atom. The Morgan fingerprint density at radius 2 is 1.83 bits per heavy atom. The molecule has 0 saturated carbocycles. The van der Waals surface area contributed by atoms with Crippen molar-refractivity contribution in [2.24, 2.45) is 5.73 Å². The van der Waals surface area contributed by atoms with E-state index in [-0.39, 0.29) is 42.1 Å². The summed E-state index contributed by atoms with van der Waals surface area (Å²) in [6, 6.07) is 8.83. The van der Waals surface area contributed by atoms with Gasteiger partial charge in [0.15, 0.2) is 5.69 Å². The third kappa shape index (κ3) is 5.79. The van der Waals surface area contributed by atoms with Crippen molar-refractivity contribution >= 4 is 17.8 Å². The second-order valence-electron chi connectivity index (χ2n) is 9.33. The molecule has 2 aromatic carbocycles. The number of carboxylic acids is 1.